The maximum atomic E-state index is 12.7. The van der Waals surface area contributed by atoms with E-state index in [2.05, 4.69) is 10.4 Å². The molecule has 2 rings (SSSR count). The molecule has 0 spiro atoms. The molecule has 2 heterocycles. The van der Waals surface area contributed by atoms with Gasteiger partial charge >= 0.3 is 0 Å². The van der Waals surface area contributed by atoms with Crippen LogP contribution in [0.2, 0.25) is 5.15 Å². The van der Waals surface area contributed by atoms with Gasteiger partial charge in [-0.1, -0.05) is 11.6 Å². The summed E-state index contributed by atoms with van der Waals surface area (Å²) in [5.41, 5.74) is -0.325. The number of piperazine rings is 1. The highest BCUT2D eigenvalue weighted by atomic mass is 35.5. The zero-order valence-electron chi connectivity index (χ0n) is 13.2. The van der Waals surface area contributed by atoms with Gasteiger partial charge in [-0.25, -0.2) is 0 Å². The van der Waals surface area contributed by atoms with Gasteiger partial charge < -0.3 is 10.2 Å². The van der Waals surface area contributed by atoms with E-state index in [-0.39, 0.29) is 18.4 Å². The Morgan fingerprint density at radius 3 is 2.29 bits per heavy atom. The lowest BCUT2D eigenvalue weighted by Crippen LogP contribution is -2.71. The van der Waals surface area contributed by atoms with E-state index < -0.39 is 11.1 Å². The van der Waals surface area contributed by atoms with Crippen LogP contribution in [0.3, 0.4) is 0 Å². The molecule has 0 radical (unpaired) electrons. The molecule has 7 heteroatoms. The molecule has 1 aliphatic rings. The van der Waals surface area contributed by atoms with E-state index in [1.807, 2.05) is 6.92 Å². The van der Waals surface area contributed by atoms with Crippen LogP contribution in [0.25, 0.3) is 0 Å². The molecule has 1 aromatic rings. The van der Waals surface area contributed by atoms with Crippen LogP contribution in [-0.4, -0.2) is 37.6 Å². The highest BCUT2D eigenvalue weighted by molar-refractivity contribution is 6.30. The summed E-state index contributed by atoms with van der Waals surface area (Å²) in [6.45, 7) is 8.97. The van der Waals surface area contributed by atoms with Crippen molar-refractivity contribution in [2.24, 2.45) is 7.05 Å². The van der Waals surface area contributed by atoms with Gasteiger partial charge in [-0.2, -0.15) is 5.10 Å². The molecular weight excluding hydrogens is 292 g/mol. The maximum Gasteiger partial charge on any atom is 0.248 e. The molecule has 1 aliphatic heterocycles. The van der Waals surface area contributed by atoms with Crippen molar-refractivity contribution >= 4 is 23.4 Å². The molecule has 0 saturated carbocycles. The number of aromatic nitrogens is 2. The van der Waals surface area contributed by atoms with Crippen molar-refractivity contribution in [3.8, 4) is 0 Å². The molecule has 1 aromatic heterocycles. The summed E-state index contributed by atoms with van der Waals surface area (Å²) < 4.78 is 1.57. The van der Waals surface area contributed by atoms with E-state index in [1.54, 1.807) is 44.3 Å². The van der Waals surface area contributed by atoms with Gasteiger partial charge in [0.25, 0.3) is 0 Å². The first kappa shape index (κ1) is 15.8. The lowest BCUT2D eigenvalue weighted by molar-refractivity contribution is -0.160. The highest BCUT2D eigenvalue weighted by Gasteiger charge is 2.50. The Kier molecular flexibility index (Phi) is 3.56. The summed E-state index contributed by atoms with van der Waals surface area (Å²) >= 11 is 6.24. The van der Waals surface area contributed by atoms with Crippen molar-refractivity contribution in [2.75, 3.05) is 0 Å². The summed E-state index contributed by atoms with van der Waals surface area (Å²) in [5.74, 6) is -0.309. The number of nitrogens with zero attached hydrogens (tertiary/aromatic N) is 3. The molecule has 0 atom stereocenters. The van der Waals surface area contributed by atoms with Crippen LogP contribution in [0.4, 0.5) is 0 Å². The lowest BCUT2D eigenvalue weighted by atomic mass is 9.89. The molecule has 0 bridgehead atoms. The largest absolute Gasteiger partial charge is 0.340 e. The van der Waals surface area contributed by atoms with Crippen LogP contribution in [0.5, 0.6) is 0 Å². The fraction of sp³-hybridized carbons (Fsp3) is 0.643. The summed E-state index contributed by atoms with van der Waals surface area (Å²) in [4.78, 5) is 26.5. The third-order valence-electron chi connectivity index (χ3n) is 4.02. The van der Waals surface area contributed by atoms with Gasteiger partial charge in [-0.3, -0.25) is 14.3 Å². The summed E-state index contributed by atoms with van der Waals surface area (Å²) in [6.07, 6.45) is 0. The van der Waals surface area contributed by atoms with Crippen molar-refractivity contribution in [3.63, 3.8) is 0 Å². The molecular formula is C14H21ClN4O2. The fourth-order valence-electron chi connectivity index (χ4n) is 2.49. The molecule has 2 amide bonds. The van der Waals surface area contributed by atoms with Crippen LogP contribution in [0.1, 0.15) is 39.0 Å². The van der Waals surface area contributed by atoms with Crippen molar-refractivity contribution < 1.29 is 9.59 Å². The van der Waals surface area contributed by atoms with Crippen LogP contribution >= 0.6 is 11.6 Å². The predicted molar refractivity (Wildman–Crippen MR) is 79.8 cm³/mol. The van der Waals surface area contributed by atoms with Crippen LogP contribution in [0, 0.1) is 6.92 Å². The lowest BCUT2D eigenvalue weighted by Gasteiger charge is -2.47. The van der Waals surface area contributed by atoms with Crippen LogP contribution < -0.4 is 5.32 Å². The predicted octanol–water partition coefficient (Wildman–Crippen LogP) is 1.40. The Morgan fingerprint density at radius 1 is 1.24 bits per heavy atom. The first-order chi connectivity index (χ1) is 9.48. The van der Waals surface area contributed by atoms with Gasteiger partial charge in [-0.15, -0.1) is 0 Å². The number of carbonyl (C=O) groups excluding carboxylic acids is 2. The SMILES string of the molecule is Cc1nn(C)c(Cl)c1CN1C(=O)C(C)(C)NC(=O)C1(C)C. The number of hydrogen-bond donors (Lipinski definition) is 1. The molecule has 1 N–H and O–H groups in total. The van der Waals surface area contributed by atoms with E-state index in [0.29, 0.717) is 5.15 Å². The normalized spacial score (nSPS) is 20.6. The number of amides is 2. The quantitative estimate of drug-likeness (QED) is 0.897. The Bertz CT molecular complexity index is 619. The molecule has 0 unspecified atom stereocenters. The Balaban J connectivity index is 2.44. The zero-order chi connectivity index (χ0) is 16.2. The minimum atomic E-state index is -0.932. The third kappa shape index (κ3) is 2.41. The molecule has 1 fully saturated rings. The maximum absolute atomic E-state index is 12.7. The average molecular weight is 313 g/mol. The standard InChI is InChI=1S/C14H21ClN4O2/c1-8-9(10(15)18(6)17-8)7-19-12(21)13(2,3)16-11(20)14(19,4)5/h7H2,1-6H3,(H,16,20). The third-order valence-corrected chi connectivity index (χ3v) is 4.50. The van der Waals surface area contributed by atoms with Gasteiger partial charge in [0.1, 0.15) is 16.2 Å². The Labute approximate surface area is 129 Å². The molecule has 21 heavy (non-hydrogen) atoms. The second-order valence-electron chi connectivity index (χ2n) is 6.51. The van der Waals surface area contributed by atoms with Gasteiger partial charge in [0.2, 0.25) is 11.8 Å². The summed E-state index contributed by atoms with van der Waals surface area (Å²) in [7, 11) is 1.75. The topological polar surface area (TPSA) is 67.2 Å². The number of nitrogens with one attached hydrogen (secondary N) is 1. The van der Waals surface area contributed by atoms with E-state index in [9.17, 15) is 9.59 Å². The van der Waals surface area contributed by atoms with E-state index in [0.717, 1.165) is 11.3 Å². The molecule has 0 aliphatic carbocycles. The second-order valence-corrected chi connectivity index (χ2v) is 6.87. The minimum absolute atomic E-state index is 0.133. The van der Waals surface area contributed by atoms with Gasteiger partial charge in [0, 0.05) is 12.6 Å². The molecule has 6 nitrogen and oxygen atoms in total. The van der Waals surface area contributed by atoms with Crippen molar-refractivity contribution in [1.82, 2.24) is 20.0 Å². The number of carbonyl (C=O) groups is 2. The van der Waals surface area contributed by atoms with Gasteiger partial charge in [0.05, 0.1) is 12.2 Å². The van der Waals surface area contributed by atoms with Crippen molar-refractivity contribution in [1.29, 1.82) is 0 Å². The average Bonchev–Trinajstić information content (AvgIpc) is 2.58. The van der Waals surface area contributed by atoms with Gasteiger partial charge in [0.15, 0.2) is 0 Å². The summed E-state index contributed by atoms with van der Waals surface area (Å²) in [5, 5.41) is 7.50. The van der Waals surface area contributed by atoms with E-state index in [1.165, 1.54) is 0 Å². The summed E-state index contributed by atoms with van der Waals surface area (Å²) in [6, 6.07) is 0. The van der Waals surface area contributed by atoms with Gasteiger partial charge in [-0.05, 0) is 34.6 Å². The number of hydrogen-bond acceptors (Lipinski definition) is 3. The molecule has 116 valence electrons. The van der Waals surface area contributed by atoms with Crippen molar-refractivity contribution in [2.45, 2.75) is 52.2 Å². The first-order valence-electron chi connectivity index (χ1n) is 6.81. The number of rotatable bonds is 2. The first-order valence-corrected chi connectivity index (χ1v) is 7.19. The highest BCUT2D eigenvalue weighted by Crippen LogP contribution is 2.30. The molecule has 1 saturated heterocycles. The zero-order valence-corrected chi connectivity index (χ0v) is 14.0. The smallest absolute Gasteiger partial charge is 0.248 e. The minimum Gasteiger partial charge on any atom is -0.340 e. The monoisotopic (exact) mass is 312 g/mol. The van der Waals surface area contributed by atoms with E-state index in [4.69, 9.17) is 11.6 Å². The second kappa shape index (κ2) is 4.73. The fourth-order valence-corrected chi connectivity index (χ4v) is 2.72. The Morgan fingerprint density at radius 2 is 1.81 bits per heavy atom. The van der Waals surface area contributed by atoms with Crippen molar-refractivity contribution in [3.05, 3.63) is 16.4 Å². The molecule has 0 aromatic carbocycles. The Hall–Kier alpha value is -1.56. The van der Waals surface area contributed by atoms with Crippen LogP contribution in [0.15, 0.2) is 0 Å². The van der Waals surface area contributed by atoms with Crippen LogP contribution in [-0.2, 0) is 23.2 Å². The van der Waals surface area contributed by atoms with E-state index >= 15 is 0 Å². The number of aryl methyl sites for hydroxylation is 2. The number of halogens is 1.